The van der Waals surface area contributed by atoms with Crippen LogP contribution in [0.5, 0.6) is 11.5 Å². The second-order valence-electron chi connectivity index (χ2n) is 8.49. The highest BCUT2D eigenvalue weighted by atomic mass is 19.1. The van der Waals surface area contributed by atoms with Crippen LogP contribution in [0, 0.1) is 5.82 Å². The minimum absolute atomic E-state index is 0.0448. The van der Waals surface area contributed by atoms with Crippen molar-refractivity contribution in [2.45, 2.75) is 32.1 Å². The summed E-state index contributed by atoms with van der Waals surface area (Å²) < 4.78 is 38.1. The molecule has 6 rings (SSSR count). The van der Waals surface area contributed by atoms with Crippen LogP contribution in [0.15, 0.2) is 23.0 Å². The third-order valence-corrected chi connectivity index (χ3v) is 6.69. The van der Waals surface area contributed by atoms with Gasteiger partial charge in [0.05, 0.1) is 29.0 Å². The number of carbonyl (C=O) groups is 2. The van der Waals surface area contributed by atoms with E-state index in [1.807, 2.05) is 6.07 Å². The number of cyclic esters (lactones) is 1. The van der Waals surface area contributed by atoms with Crippen molar-refractivity contribution in [3.8, 4) is 22.9 Å². The van der Waals surface area contributed by atoms with Crippen molar-refractivity contribution in [3.05, 3.63) is 51.1 Å². The summed E-state index contributed by atoms with van der Waals surface area (Å²) in [5.41, 5.74) is 0.312. The second kappa shape index (κ2) is 7.42. The summed E-state index contributed by atoms with van der Waals surface area (Å²) in [4.78, 5) is 43.1. The number of hydrogen-bond donors (Lipinski definition) is 1. The number of rotatable bonds is 2. The zero-order chi connectivity index (χ0) is 24.5. The van der Waals surface area contributed by atoms with E-state index < -0.39 is 23.5 Å². The molecule has 0 saturated heterocycles. The summed E-state index contributed by atoms with van der Waals surface area (Å²) in [6.07, 6.45) is -0.772. The molecule has 35 heavy (non-hydrogen) atoms. The monoisotopic (exact) mass is 481 g/mol. The molecule has 0 saturated carbocycles. The molecule has 0 bridgehead atoms. The Balaban J connectivity index is 1.58. The van der Waals surface area contributed by atoms with Crippen LogP contribution in [0.2, 0.25) is 0 Å². The molecule has 0 radical (unpaired) electrons. The molecule has 3 aromatic rings. The highest BCUT2D eigenvalue weighted by molar-refractivity contribution is 5.92. The van der Waals surface area contributed by atoms with Gasteiger partial charge < -0.3 is 28.8 Å². The first kappa shape index (κ1) is 21.4. The predicted molar refractivity (Wildman–Crippen MR) is 119 cm³/mol. The molecule has 10 nitrogen and oxygen atoms in total. The molecule has 11 heteroatoms. The normalized spacial score (nSPS) is 19.5. The number of nitrogens with zero attached hydrogens (tertiary/aromatic N) is 2. The quantitative estimate of drug-likeness (QED) is 0.434. The van der Waals surface area contributed by atoms with E-state index in [-0.39, 0.29) is 61.0 Å². The van der Waals surface area contributed by atoms with Crippen LogP contribution < -0.4 is 20.3 Å². The molecule has 3 aliphatic heterocycles. The van der Waals surface area contributed by atoms with Crippen molar-refractivity contribution in [2.75, 3.05) is 20.3 Å². The molecule has 0 spiro atoms. The van der Waals surface area contributed by atoms with E-state index in [9.17, 15) is 18.8 Å². The third-order valence-electron chi connectivity index (χ3n) is 6.69. The number of pyridine rings is 2. The van der Waals surface area contributed by atoms with Crippen molar-refractivity contribution >= 4 is 23.0 Å². The molecule has 1 atom stereocenters. The van der Waals surface area contributed by atoms with E-state index in [4.69, 9.17) is 18.9 Å². The van der Waals surface area contributed by atoms with Gasteiger partial charge in [-0.05, 0) is 18.6 Å². The summed E-state index contributed by atoms with van der Waals surface area (Å²) in [7, 11) is 1.37. The van der Waals surface area contributed by atoms with Gasteiger partial charge >= 0.3 is 12.1 Å². The Morgan fingerprint density at radius 3 is 2.71 bits per heavy atom. The maximum absolute atomic E-state index is 14.7. The lowest BCUT2D eigenvalue weighted by Crippen LogP contribution is -2.48. The molecule has 0 fully saturated rings. The third kappa shape index (κ3) is 2.87. The first-order chi connectivity index (χ1) is 16.9. The molecule has 1 amide bonds. The van der Waals surface area contributed by atoms with E-state index in [2.05, 4.69) is 10.3 Å². The Kier molecular flexibility index (Phi) is 4.54. The van der Waals surface area contributed by atoms with Gasteiger partial charge in [-0.3, -0.25) is 4.79 Å². The van der Waals surface area contributed by atoms with Gasteiger partial charge in [-0.2, -0.15) is 0 Å². The van der Waals surface area contributed by atoms with Gasteiger partial charge in [-0.15, -0.1) is 0 Å². The molecule has 0 unspecified atom stereocenters. The van der Waals surface area contributed by atoms with Gasteiger partial charge in [-0.25, -0.2) is 19.0 Å². The number of esters is 1. The van der Waals surface area contributed by atoms with E-state index in [0.29, 0.717) is 22.3 Å². The fraction of sp³-hybridized carbons (Fsp3) is 0.333. The number of amides is 1. The maximum atomic E-state index is 14.7. The molecular formula is C24H20FN3O7. The molecule has 0 aliphatic carbocycles. The maximum Gasteiger partial charge on any atom is 0.408 e. The Hall–Kier alpha value is -4.15. The fourth-order valence-corrected chi connectivity index (χ4v) is 4.97. The Bertz CT molecular complexity index is 1520. The summed E-state index contributed by atoms with van der Waals surface area (Å²) >= 11 is 0. The first-order valence-electron chi connectivity index (χ1n) is 11.1. The van der Waals surface area contributed by atoms with Gasteiger partial charge in [0.25, 0.3) is 5.56 Å². The van der Waals surface area contributed by atoms with E-state index in [1.54, 1.807) is 13.0 Å². The summed E-state index contributed by atoms with van der Waals surface area (Å²) in [5, 5.41) is 2.91. The van der Waals surface area contributed by atoms with Crippen LogP contribution in [-0.2, 0) is 33.0 Å². The van der Waals surface area contributed by atoms with Gasteiger partial charge in [0.2, 0.25) is 5.60 Å². The number of fused-ring (bicyclic) bond motifs is 7. The highest BCUT2D eigenvalue weighted by Gasteiger charge is 2.50. The molecular weight excluding hydrogens is 461 g/mol. The number of hydrogen-bond acceptors (Lipinski definition) is 8. The smallest absolute Gasteiger partial charge is 0.408 e. The number of ether oxygens (including phenoxy) is 4. The second-order valence-corrected chi connectivity index (χ2v) is 8.49. The highest BCUT2D eigenvalue weighted by Crippen LogP contribution is 2.44. The van der Waals surface area contributed by atoms with Crippen LogP contribution in [0.1, 0.15) is 30.0 Å². The van der Waals surface area contributed by atoms with E-state index in [1.165, 1.54) is 17.7 Å². The number of alkyl carbamates (subject to hydrolysis) is 1. The number of halogens is 1. The fourth-order valence-electron chi connectivity index (χ4n) is 4.97. The Labute approximate surface area is 197 Å². The number of benzene rings is 1. The lowest BCUT2D eigenvalue weighted by atomic mass is 9.85. The van der Waals surface area contributed by atoms with Gasteiger partial charge in [0.15, 0.2) is 17.3 Å². The molecule has 180 valence electrons. The lowest BCUT2D eigenvalue weighted by Gasteiger charge is -2.35. The Morgan fingerprint density at radius 2 is 1.97 bits per heavy atom. The minimum Gasteiger partial charge on any atom is -0.485 e. The van der Waals surface area contributed by atoms with Crippen LogP contribution in [-0.4, -0.2) is 41.9 Å². The van der Waals surface area contributed by atoms with Crippen LogP contribution in [0.25, 0.3) is 22.3 Å². The van der Waals surface area contributed by atoms with Crippen LogP contribution in [0.4, 0.5) is 9.18 Å². The van der Waals surface area contributed by atoms with Crippen molar-refractivity contribution in [1.29, 1.82) is 0 Å². The van der Waals surface area contributed by atoms with E-state index in [0.717, 1.165) is 5.56 Å². The molecule has 5 heterocycles. The van der Waals surface area contributed by atoms with Crippen LogP contribution >= 0.6 is 0 Å². The Morgan fingerprint density at radius 1 is 1.20 bits per heavy atom. The zero-order valence-corrected chi connectivity index (χ0v) is 18.9. The average Bonchev–Trinajstić information content (AvgIpc) is 3.23. The first-order valence-corrected chi connectivity index (χ1v) is 11.1. The molecule has 1 aromatic carbocycles. The van der Waals surface area contributed by atoms with Gasteiger partial charge in [0, 0.05) is 29.6 Å². The van der Waals surface area contributed by atoms with Gasteiger partial charge in [-0.1, -0.05) is 6.92 Å². The minimum atomic E-state index is -1.78. The summed E-state index contributed by atoms with van der Waals surface area (Å²) in [6.45, 7) is 2.18. The van der Waals surface area contributed by atoms with Crippen LogP contribution in [0.3, 0.4) is 0 Å². The number of aromatic nitrogens is 2. The molecule has 3 aliphatic rings. The summed E-state index contributed by atoms with van der Waals surface area (Å²) in [6, 6.07) is 4.72. The topological polar surface area (TPSA) is 118 Å². The van der Waals surface area contributed by atoms with Crippen molar-refractivity contribution in [3.63, 3.8) is 0 Å². The number of nitrogens with one attached hydrogen (secondary N) is 1. The van der Waals surface area contributed by atoms with E-state index >= 15 is 0 Å². The standard InChI is InChI=1S/C24H20FN3O7/c1-3-24(35-23(31)26-2)14-7-17-18-11(9-28(17)21(29)13(14)10-34-22(24)30)6-12-16(27-18)8-15(25)20-19(12)32-4-5-33-20/h6-8H,3-5,9-10H2,1-2H3,(H,26,31)/t24-/m0/s1. The van der Waals surface area contributed by atoms with Crippen molar-refractivity contribution < 1.29 is 32.9 Å². The largest absolute Gasteiger partial charge is 0.485 e. The van der Waals surface area contributed by atoms with Gasteiger partial charge in [0.1, 0.15) is 19.8 Å². The van der Waals surface area contributed by atoms with Crippen molar-refractivity contribution in [2.24, 2.45) is 0 Å². The molecule has 1 N–H and O–H groups in total. The SMILES string of the molecule is CC[C@@]1(OC(=O)NC)C(=O)OCc2c1cc1n(c2=O)Cc2cc3c4c(c(F)cc3nc2-1)OCCO4. The zero-order valence-electron chi connectivity index (χ0n) is 18.9. The average molecular weight is 481 g/mol. The molecule has 2 aromatic heterocycles. The number of carbonyl (C=O) groups excluding carboxylic acids is 2. The predicted octanol–water partition coefficient (Wildman–Crippen LogP) is 2.35. The lowest BCUT2D eigenvalue weighted by molar-refractivity contribution is -0.172. The summed E-state index contributed by atoms with van der Waals surface area (Å²) in [5.74, 6) is -1.02. The van der Waals surface area contributed by atoms with Crippen molar-refractivity contribution in [1.82, 2.24) is 14.9 Å².